The molecule has 1 amide bonds. The number of pyridine rings is 1. The largest absolute Gasteiger partial charge is 0.486 e. The molecule has 122 valence electrons. The van der Waals surface area contributed by atoms with E-state index < -0.39 is 5.63 Å². The fraction of sp³-hybridized carbons (Fsp3) is 0.118. The molecular weight excluding hydrogens is 332 g/mol. The van der Waals surface area contributed by atoms with Crippen LogP contribution in [-0.2, 0) is 11.4 Å². The fourth-order valence-electron chi connectivity index (χ4n) is 2.26. The summed E-state index contributed by atoms with van der Waals surface area (Å²) in [5.41, 5.74) is 1.06. The van der Waals surface area contributed by atoms with Crippen LogP contribution in [0.3, 0.4) is 0 Å². The SMILES string of the molecule is CC(=O)Nc1ccc2c(COc3cccnc3Cl)cc(=O)oc2c1. The van der Waals surface area contributed by atoms with E-state index in [0.29, 0.717) is 28.0 Å². The van der Waals surface area contributed by atoms with Gasteiger partial charge in [-0.05, 0) is 24.3 Å². The van der Waals surface area contributed by atoms with Crippen LogP contribution >= 0.6 is 11.6 Å². The number of amides is 1. The number of nitrogens with zero attached hydrogens (tertiary/aromatic N) is 1. The Bertz CT molecular complexity index is 968. The first-order chi connectivity index (χ1) is 11.5. The lowest BCUT2D eigenvalue weighted by molar-refractivity contribution is -0.114. The first-order valence-corrected chi connectivity index (χ1v) is 7.48. The van der Waals surface area contributed by atoms with Gasteiger partial charge in [0.05, 0.1) is 0 Å². The topological polar surface area (TPSA) is 81.4 Å². The van der Waals surface area contributed by atoms with Gasteiger partial charge in [-0.25, -0.2) is 9.78 Å². The number of hydrogen-bond donors (Lipinski definition) is 1. The third-order valence-corrected chi connectivity index (χ3v) is 3.54. The highest BCUT2D eigenvalue weighted by Crippen LogP contribution is 2.25. The van der Waals surface area contributed by atoms with E-state index >= 15 is 0 Å². The van der Waals surface area contributed by atoms with E-state index in [1.807, 2.05) is 0 Å². The first kappa shape index (κ1) is 16.0. The van der Waals surface area contributed by atoms with E-state index in [9.17, 15) is 9.59 Å². The Morgan fingerprint density at radius 1 is 1.33 bits per heavy atom. The Hall–Kier alpha value is -2.86. The molecule has 2 heterocycles. The predicted molar refractivity (Wildman–Crippen MR) is 90.4 cm³/mol. The molecule has 0 fully saturated rings. The number of anilines is 1. The second-order valence-corrected chi connectivity index (χ2v) is 5.42. The van der Waals surface area contributed by atoms with Gasteiger partial charge in [-0.15, -0.1) is 0 Å². The quantitative estimate of drug-likeness (QED) is 0.579. The molecule has 0 saturated carbocycles. The summed E-state index contributed by atoms with van der Waals surface area (Å²) < 4.78 is 10.8. The van der Waals surface area contributed by atoms with Crippen LogP contribution in [-0.4, -0.2) is 10.9 Å². The fourth-order valence-corrected chi connectivity index (χ4v) is 2.44. The van der Waals surface area contributed by atoms with Crippen molar-refractivity contribution in [3.63, 3.8) is 0 Å². The molecule has 3 rings (SSSR count). The zero-order valence-corrected chi connectivity index (χ0v) is 13.5. The van der Waals surface area contributed by atoms with Crippen LogP contribution < -0.4 is 15.7 Å². The molecule has 3 aromatic rings. The summed E-state index contributed by atoms with van der Waals surface area (Å²) in [7, 11) is 0. The summed E-state index contributed by atoms with van der Waals surface area (Å²) in [6.45, 7) is 1.54. The number of carbonyl (C=O) groups excluding carboxylic acids is 1. The minimum atomic E-state index is -0.502. The molecule has 0 aliphatic heterocycles. The molecular formula is C17H13ClN2O4. The van der Waals surface area contributed by atoms with Gasteiger partial charge in [0.1, 0.15) is 12.2 Å². The van der Waals surface area contributed by atoms with Gasteiger partial charge in [-0.2, -0.15) is 0 Å². The molecule has 7 heteroatoms. The maximum Gasteiger partial charge on any atom is 0.336 e. The standard InChI is InChI=1S/C17H13ClN2O4/c1-10(21)20-12-4-5-13-11(7-16(22)24-15(13)8-12)9-23-14-3-2-6-19-17(14)18/h2-8H,9H2,1H3,(H,20,21). The molecule has 24 heavy (non-hydrogen) atoms. The van der Waals surface area contributed by atoms with Gasteiger partial charge in [0.15, 0.2) is 10.9 Å². The number of hydrogen-bond acceptors (Lipinski definition) is 5. The number of aromatic nitrogens is 1. The van der Waals surface area contributed by atoms with Crippen molar-refractivity contribution < 1.29 is 13.9 Å². The number of rotatable bonds is 4. The van der Waals surface area contributed by atoms with E-state index in [1.54, 1.807) is 36.5 Å². The normalized spacial score (nSPS) is 10.6. The van der Waals surface area contributed by atoms with Gasteiger partial charge >= 0.3 is 5.63 Å². The van der Waals surface area contributed by atoms with Crippen LogP contribution in [0.2, 0.25) is 5.15 Å². The first-order valence-electron chi connectivity index (χ1n) is 7.10. The maximum absolute atomic E-state index is 11.8. The number of ether oxygens (including phenoxy) is 1. The maximum atomic E-state index is 11.8. The molecule has 1 N–H and O–H groups in total. The molecule has 0 unspecified atom stereocenters. The predicted octanol–water partition coefficient (Wildman–Crippen LogP) is 3.38. The van der Waals surface area contributed by atoms with Crippen molar-refractivity contribution >= 4 is 34.2 Å². The van der Waals surface area contributed by atoms with Crippen LogP contribution in [0, 0.1) is 0 Å². The van der Waals surface area contributed by atoms with Crippen LogP contribution in [0.15, 0.2) is 51.8 Å². The van der Waals surface area contributed by atoms with Crippen LogP contribution in [0.25, 0.3) is 11.0 Å². The van der Waals surface area contributed by atoms with Crippen molar-refractivity contribution in [2.75, 3.05) is 5.32 Å². The smallest absolute Gasteiger partial charge is 0.336 e. The monoisotopic (exact) mass is 344 g/mol. The highest BCUT2D eigenvalue weighted by atomic mass is 35.5. The van der Waals surface area contributed by atoms with Crippen LogP contribution in [0.1, 0.15) is 12.5 Å². The number of carbonyl (C=O) groups is 1. The lowest BCUT2D eigenvalue weighted by atomic mass is 10.1. The van der Waals surface area contributed by atoms with Gasteiger partial charge < -0.3 is 14.5 Å². The Morgan fingerprint density at radius 3 is 2.92 bits per heavy atom. The molecule has 0 bridgehead atoms. The van der Waals surface area contributed by atoms with E-state index in [4.69, 9.17) is 20.8 Å². The van der Waals surface area contributed by atoms with Crippen molar-refractivity contribution in [2.24, 2.45) is 0 Å². The third kappa shape index (κ3) is 3.55. The third-order valence-electron chi connectivity index (χ3n) is 3.26. The van der Waals surface area contributed by atoms with E-state index in [1.165, 1.54) is 13.0 Å². The molecule has 0 aliphatic rings. The molecule has 0 aliphatic carbocycles. The van der Waals surface area contributed by atoms with Crippen LogP contribution in [0.4, 0.5) is 5.69 Å². The second-order valence-electron chi connectivity index (χ2n) is 5.06. The summed E-state index contributed by atoms with van der Waals surface area (Å²) in [6, 6.07) is 9.84. The minimum absolute atomic E-state index is 0.132. The lowest BCUT2D eigenvalue weighted by Gasteiger charge is -2.10. The van der Waals surface area contributed by atoms with Crippen molar-refractivity contribution in [3.8, 4) is 5.75 Å². The Kier molecular flexibility index (Phi) is 4.48. The summed E-state index contributed by atoms with van der Waals surface area (Å²) in [5.74, 6) is 0.220. The highest BCUT2D eigenvalue weighted by molar-refractivity contribution is 6.30. The summed E-state index contributed by atoms with van der Waals surface area (Å²) >= 11 is 5.95. The van der Waals surface area contributed by atoms with Gasteiger partial charge in [-0.1, -0.05) is 11.6 Å². The van der Waals surface area contributed by atoms with Crippen molar-refractivity contribution in [2.45, 2.75) is 13.5 Å². The zero-order valence-electron chi connectivity index (χ0n) is 12.7. The summed E-state index contributed by atoms with van der Waals surface area (Å²) in [4.78, 5) is 26.8. The Labute approximate surface area is 142 Å². The number of nitrogens with one attached hydrogen (secondary N) is 1. The van der Waals surface area contributed by atoms with Gasteiger partial charge in [0, 0.05) is 41.9 Å². The van der Waals surface area contributed by atoms with E-state index in [2.05, 4.69) is 10.3 Å². The zero-order chi connectivity index (χ0) is 17.1. The summed E-state index contributed by atoms with van der Waals surface area (Å²) in [5, 5.41) is 3.60. The van der Waals surface area contributed by atoms with E-state index in [-0.39, 0.29) is 17.7 Å². The second kappa shape index (κ2) is 6.72. The number of benzene rings is 1. The molecule has 0 radical (unpaired) electrons. The number of fused-ring (bicyclic) bond motifs is 1. The molecule has 2 aromatic heterocycles. The van der Waals surface area contributed by atoms with Gasteiger partial charge in [0.25, 0.3) is 0 Å². The average Bonchev–Trinajstić information content (AvgIpc) is 2.52. The summed E-state index contributed by atoms with van der Waals surface area (Å²) in [6.07, 6.45) is 1.56. The van der Waals surface area contributed by atoms with Gasteiger partial charge in [-0.3, -0.25) is 4.79 Å². The highest BCUT2D eigenvalue weighted by Gasteiger charge is 2.09. The van der Waals surface area contributed by atoms with Gasteiger partial charge in [0.2, 0.25) is 5.91 Å². The molecule has 0 atom stereocenters. The average molecular weight is 345 g/mol. The Morgan fingerprint density at radius 2 is 2.17 bits per heavy atom. The molecule has 0 saturated heterocycles. The number of halogens is 1. The Balaban J connectivity index is 1.94. The van der Waals surface area contributed by atoms with E-state index in [0.717, 1.165) is 0 Å². The van der Waals surface area contributed by atoms with Crippen molar-refractivity contribution in [1.29, 1.82) is 0 Å². The molecule has 0 spiro atoms. The lowest BCUT2D eigenvalue weighted by Crippen LogP contribution is -2.07. The minimum Gasteiger partial charge on any atom is -0.486 e. The van der Waals surface area contributed by atoms with Crippen molar-refractivity contribution in [1.82, 2.24) is 4.98 Å². The molecule has 1 aromatic carbocycles. The molecule has 6 nitrogen and oxygen atoms in total. The van der Waals surface area contributed by atoms with Crippen molar-refractivity contribution in [3.05, 3.63) is 63.7 Å². The van der Waals surface area contributed by atoms with Crippen LogP contribution in [0.5, 0.6) is 5.75 Å².